The van der Waals surface area contributed by atoms with Crippen molar-refractivity contribution in [1.29, 1.82) is 0 Å². The van der Waals surface area contributed by atoms with Crippen LogP contribution in [-0.2, 0) is 21.4 Å². The highest BCUT2D eigenvalue weighted by molar-refractivity contribution is 8.01. The number of amides is 1. The zero-order valence-electron chi connectivity index (χ0n) is 13.7. The highest BCUT2D eigenvalue weighted by atomic mass is 32.2. The molecule has 0 unspecified atom stereocenters. The number of carbonyl (C=O) groups is 2. The van der Waals surface area contributed by atoms with E-state index in [1.165, 1.54) is 11.8 Å². The van der Waals surface area contributed by atoms with Crippen molar-refractivity contribution in [3.8, 4) is 0 Å². The van der Waals surface area contributed by atoms with Gasteiger partial charge >= 0.3 is 5.97 Å². The Morgan fingerprint density at radius 3 is 2.73 bits per heavy atom. The van der Waals surface area contributed by atoms with Crippen molar-refractivity contribution in [1.82, 2.24) is 9.78 Å². The van der Waals surface area contributed by atoms with Crippen LogP contribution in [0.1, 0.15) is 34.1 Å². The first-order valence-corrected chi connectivity index (χ1v) is 8.30. The fourth-order valence-corrected chi connectivity index (χ4v) is 3.41. The van der Waals surface area contributed by atoms with Crippen LogP contribution >= 0.6 is 11.8 Å². The van der Waals surface area contributed by atoms with Gasteiger partial charge < -0.3 is 9.64 Å². The second kappa shape index (κ2) is 6.32. The number of ether oxygens (including phenoxy) is 1. The third-order valence-electron chi connectivity index (χ3n) is 3.27. The molecule has 0 saturated carbocycles. The Bertz CT molecular complexity index is 565. The number of nitrogens with zero attached hydrogens (tertiary/aromatic N) is 3. The quantitative estimate of drug-likeness (QED) is 0.792. The molecule has 0 radical (unpaired) electrons. The largest absolute Gasteiger partial charge is 0.459 e. The lowest BCUT2D eigenvalue weighted by atomic mass is 10.2. The van der Waals surface area contributed by atoms with E-state index in [0.717, 1.165) is 12.1 Å². The van der Waals surface area contributed by atoms with Gasteiger partial charge in [-0.25, -0.2) is 0 Å². The molecule has 6 nitrogen and oxygen atoms in total. The van der Waals surface area contributed by atoms with E-state index >= 15 is 0 Å². The molecule has 2 heterocycles. The van der Waals surface area contributed by atoms with Crippen molar-refractivity contribution in [3.05, 3.63) is 12.4 Å². The van der Waals surface area contributed by atoms with Crippen LogP contribution in [0.15, 0.2) is 12.4 Å². The Hall–Kier alpha value is -1.50. The van der Waals surface area contributed by atoms with Gasteiger partial charge in [0.2, 0.25) is 5.91 Å². The summed E-state index contributed by atoms with van der Waals surface area (Å²) >= 11 is 1.38. The molecule has 0 aliphatic carbocycles. The van der Waals surface area contributed by atoms with Crippen LogP contribution in [0.4, 0.5) is 5.69 Å². The van der Waals surface area contributed by atoms with E-state index in [1.54, 1.807) is 22.7 Å². The number of thioether (sulfide) groups is 1. The van der Waals surface area contributed by atoms with Gasteiger partial charge in [0.1, 0.15) is 10.9 Å². The van der Waals surface area contributed by atoms with Crippen molar-refractivity contribution in [2.75, 3.05) is 11.4 Å². The van der Waals surface area contributed by atoms with E-state index in [4.69, 9.17) is 4.74 Å². The van der Waals surface area contributed by atoms with E-state index in [9.17, 15) is 9.59 Å². The minimum atomic E-state index is -0.507. The van der Waals surface area contributed by atoms with Gasteiger partial charge in [-0.3, -0.25) is 14.3 Å². The second-order valence-corrected chi connectivity index (χ2v) is 8.00. The Kier molecular flexibility index (Phi) is 4.84. The molecule has 2 atom stereocenters. The summed E-state index contributed by atoms with van der Waals surface area (Å²) in [7, 11) is 1.82. The summed E-state index contributed by atoms with van der Waals surface area (Å²) in [6, 6.07) is 0. The third kappa shape index (κ3) is 4.03. The fraction of sp³-hybridized carbons (Fsp3) is 0.667. The lowest BCUT2D eigenvalue weighted by Crippen LogP contribution is -2.32. The average molecular weight is 325 g/mol. The molecule has 1 aliphatic heterocycles. The Labute approximate surface area is 135 Å². The van der Waals surface area contributed by atoms with Gasteiger partial charge in [-0.1, -0.05) is 0 Å². The summed E-state index contributed by atoms with van der Waals surface area (Å²) in [4.78, 5) is 26.2. The van der Waals surface area contributed by atoms with Gasteiger partial charge in [-0.2, -0.15) is 5.10 Å². The maximum Gasteiger partial charge on any atom is 0.319 e. The normalized spacial score (nSPS) is 20.3. The number of hydrogen-bond donors (Lipinski definition) is 0. The predicted molar refractivity (Wildman–Crippen MR) is 86.9 cm³/mol. The zero-order valence-corrected chi connectivity index (χ0v) is 14.5. The molecule has 1 aliphatic rings. The van der Waals surface area contributed by atoms with Crippen LogP contribution < -0.4 is 4.90 Å². The second-order valence-electron chi connectivity index (χ2n) is 6.45. The summed E-state index contributed by atoms with van der Waals surface area (Å²) in [5.74, 6) is -0.237. The topological polar surface area (TPSA) is 64.4 Å². The monoisotopic (exact) mass is 325 g/mol. The smallest absolute Gasteiger partial charge is 0.319 e. The van der Waals surface area contributed by atoms with Crippen molar-refractivity contribution in [2.24, 2.45) is 7.05 Å². The van der Waals surface area contributed by atoms with Crippen molar-refractivity contribution < 1.29 is 14.3 Å². The number of aryl methyl sites for hydroxylation is 1. The molecule has 0 N–H and O–H groups in total. The van der Waals surface area contributed by atoms with Crippen molar-refractivity contribution in [3.63, 3.8) is 0 Å². The predicted octanol–water partition coefficient (Wildman–Crippen LogP) is 1.99. The van der Waals surface area contributed by atoms with Crippen molar-refractivity contribution >= 4 is 29.3 Å². The van der Waals surface area contributed by atoms with Crippen LogP contribution in [-0.4, -0.2) is 44.3 Å². The molecule has 22 heavy (non-hydrogen) atoms. The highest BCUT2D eigenvalue weighted by Crippen LogP contribution is 2.31. The Morgan fingerprint density at radius 1 is 1.50 bits per heavy atom. The molecule has 1 aromatic heterocycles. The first kappa shape index (κ1) is 16.9. The van der Waals surface area contributed by atoms with E-state index in [2.05, 4.69) is 5.10 Å². The molecule has 122 valence electrons. The maximum atomic E-state index is 12.5. The molecule has 0 aromatic carbocycles. The summed E-state index contributed by atoms with van der Waals surface area (Å²) in [6.07, 6.45) is 4.23. The molecule has 7 heteroatoms. The van der Waals surface area contributed by atoms with E-state index in [-0.39, 0.29) is 22.4 Å². The molecule has 1 aromatic rings. The number of hydrogen-bond acceptors (Lipinski definition) is 5. The number of aromatic nitrogens is 2. The van der Waals surface area contributed by atoms with Gasteiger partial charge in [0.05, 0.1) is 17.1 Å². The summed E-state index contributed by atoms with van der Waals surface area (Å²) in [5, 5.41) is 3.53. The standard InChI is InChI=1S/C15H23N3O3S/c1-10(14(20)21-15(2,3)4)22-12-6-7-18(13(12)19)11-8-16-17(5)9-11/h8-10,12H,6-7H2,1-5H3/t10-,12+/m1/s1. The SMILES string of the molecule is C[C@@H](S[C@H]1CCN(c2cnn(C)c2)C1=O)C(=O)OC(C)(C)C. The Morgan fingerprint density at radius 2 is 2.18 bits per heavy atom. The number of carbonyl (C=O) groups excluding carboxylic acids is 2. The maximum absolute atomic E-state index is 12.5. The molecule has 1 fully saturated rings. The van der Waals surface area contributed by atoms with E-state index in [0.29, 0.717) is 6.54 Å². The number of esters is 1. The molecule has 2 rings (SSSR count). The van der Waals surface area contributed by atoms with Crippen LogP contribution in [0.2, 0.25) is 0 Å². The molecule has 0 bridgehead atoms. The number of rotatable bonds is 4. The average Bonchev–Trinajstić information content (AvgIpc) is 2.95. The van der Waals surface area contributed by atoms with Gasteiger partial charge in [-0.05, 0) is 34.1 Å². The summed E-state index contributed by atoms with van der Waals surface area (Å²) < 4.78 is 7.03. The van der Waals surface area contributed by atoms with Gasteiger partial charge in [0.25, 0.3) is 0 Å². The van der Waals surface area contributed by atoms with E-state index in [1.807, 2.05) is 34.0 Å². The van der Waals surface area contributed by atoms with Crippen LogP contribution in [0.25, 0.3) is 0 Å². The lowest BCUT2D eigenvalue weighted by Gasteiger charge is -2.23. The summed E-state index contributed by atoms with van der Waals surface area (Å²) in [5.41, 5.74) is 0.299. The first-order valence-electron chi connectivity index (χ1n) is 7.36. The minimum Gasteiger partial charge on any atom is -0.459 e. The third-order valence-corrected chi connectivity index (χ3v) is 4.63. The fourth-order valence-electron chi connectivity index (χ4n) is 2.27. The minimum absolute atomic E-state index is 0.0356. The molecule has 0 spiro atoms. The van der Waals surface area contributed by atoms with E-state index < -0.39 is 5.60 Å². The lowest BCUT2D eigenvalue weighted by molar-refractivity contribution is -0.153. The van der Waals surface area contributed by atoms with Gasteiger partial charge in [0.15, 0.2) is 0 Å². The van der Waals surface area contributed by atoms with Gasteiger partial charge in [-0.15, -0.1) is 11.8 Å². The number of anilines is 1. The molecule has 1 amide bonds. The Balaban J connectivity index is 1.94. The zero-order chi connectivity index (χ0) is 16.5. The van der Waals surface area contributed by atoms with Crippen LogP contribution in [0.5, 0.6) is 0 Å². The molecular weight excluding hydrogens is 302 g/mol. The van der Waals surface area contributed by atoms with Crippen LogP contribution in [0.3, 0.4) is 0 Å². The highest BCUT2D eigenvalue weighted by Gasteiger charge is 2.36. The summed E-state index contributed by atoms with van der Waals surface area (Å²) in [6.45, 7) is 7.97. The molecular formula is C15H23N3O3S. The van der Waals surface area contributed by atoms with Crippen molar-refractivity contribution in [2.45, 2.75) is 50.2 Å². The van der Waals surface area contributed by atoms with Gasteiger partial charge in [0, 0.05) is 19.8 Å². The first-order chi connectivity index (χ1) is 10.2. The molecule has 1 saturated heterocycles. The van der Waals surface area contributed by atoms with Crippen LogP contribution in [0, 0.1) is 0 Å².